The van der Waals surface area contributed by atoms with Gasteiger partial charge in [0, 0.05) is 4.11 Å². The van der Waals surface area contributed by atoms with E-state index in [0.29, 0.717) is 12.2 Å². The highest BCUT2D eigenvalue weighted by Crippen LogP contribution is 2.24. The Bertz CT molecular complexity index is 452. The number of aliphatic hydroxyl groups is 1. The van der Waals surface area contributed by atoms with Gasteiger partial charge in [-0.3, -0.25) is 0 Å². The molecule has 3 heteroatoms. The zero-order valence-electron chi connectivity index (χ0n) is 15.0. The summed E-state index contributed by atoms with van der Waals surface area (Å²) in [7, 11) is 0. The summed E-state index contributed by atoms with van der Waals surface area (Å²) in [5, 5.41) is 9.91. The summed E-state index contributed by atoms with van der Waals surface area (Å²) < 4.78 is 28.2. The number of ether oxygens (including phenoxy) is 1. The van der Waals surface area contributed by atoms with Gasteiger partial charge in [-0.15, -0.1) is 0 Å². The maximum Gasteiger partial charge on any atom is 0.119 e. The molecule has 0 saturated heterocycles. The molecule has 0 spiro atoms. The van der Waals surface area contributed by atoms with Crippen molar-refractivity contribution < 1.29 is 14.0 Å². The largest absolute Gasteiger partial charge is 0.493 e. The Balaban J connectivity index is 2.68. The first kappa shape index (κ1) is 11.7. The lowest BCUT2D eigenvalue weighted by Gasteiger charge is -2.26. The maximum absolute atomic E-state index is 9.91. The molecule has 1 rings (SSSR count). The smallest absolute Gasteiger partial charge is 0.119 e. The van der Waals surface area contributed by atoms with Crippen molar-refractivity contribution in [2.45, 2.75) is 52.1 Å². The van der Waals surface area contributed by atoms with Crippen molar-refractivity contribution in [3.05, 3.63) is 29.8 Å². The van der Waals surface area contributed by atoms with Crippen LogP contribution in [0.15, 0.2) is 24.3 Å². The quantitative estimate of drug-likeness (QED) is 0.798. The van der Waals surface area contributed by atoms with Crippen LogP contribution in [0.4, 0.5) is 0 Å². The minimum atomic E-state index is -2.00. The van der Waals surface area contributed by atoms with Gasteiger partial charge in [0.25, 0.3) is 0 Å². The standard InChI is InChI=1S/C16H27NO2/c1-5-6-12(2)11-19-14-9-7-13(8-10-14)15(17)16(3,4)18/h7-10,12,15,18H,5-6,11,17H2,1-4H3/t12-,15+/m0/s1/i2D3. The van der Waals surface area contributed by atoms with E-state index in [0.717, 1.165) is 12.0 Å². The molecule has 0 aliphatic rings. The van der Waals surface area contributed by atoms with Crippen molar-refractivity contribution in [2.75, 3.05) is 6.61 Å². The molecule has 0 bridgehead atoms. The zero-order valence-corrected chi connectivity index (χ0v) is 12.0. The Morgan fingerprint density at radius 3 is 2.47 bits per heavy atom. The molecule has 0 aliphatic carbocycles. The summed E-state index contributed by atoms with van der Waals surface area (Å²) >= 11 is 0. The second-order valence-corrected chi connectivity index (χ2v) is 5.50. The van der Waals surface area contributed by atoms with Crippen molar-refractivity contribution in [3.63, 3.8) is 0 Å². The van der Waals surface area contributed by atoms with Crippen LogP contribution < -0.4 is 10.5 Å². The van der Waals surface area contributed by atoms with Crippen LogP contribution in [0.3, 0.4) is 0 Å². The topological polar surface area (TPSA) is 55.5 Å². The van der Waals surface area contributed by atoms with Crippen molar-refractivity contribution in [2.24, 2.45) is 11.7 Å². The number of hydrogen-bond donors (Lipinski definition) is 2. The molecule has 0 aromatic heterocycles. The lowest BCUT2D eigenvalue weighted by atomic mass is 9.93. The molecule has 0 heterocycles. The molecule has 19 heavy (non-hydrogen) atoms. The van der Waals surface area contributed by atoms with E-state index < -0.39 is 24.4 Å². The molecule has 3 N–H and O–H groups in total. The van der Waals surface area contributed by atoms with Crippen LogP contribution in [-0.2, 0) is 0 Å². The molecule has 0 aliphatic heterocycles. The SMILES string of the molecule is [2H]C([2H])([2H])[C@@H](CCC)COc1ccc([C@@H](N)C(C)(C)O)cc1. The van der Waals surface area contributed by atoms with Gasteiger partial charge >= 0.3 is 0 Å². The molecular weight excluding hydrogens is 238 g/mol. The van der Waals surface area contributed by atoms with E-state index in [2.05, 4.69) is 0 Å². The lowest BCUT2D eigenvalue weighted by molar-refractivity contribution is 0.0517. The third kappa shape index (κ3) is 5.21. The number of benzene rings is 1. The third-order valence-corrected chi connectivity index (χ3v) is 3.09. The molecule has 1 aromatic carbocycles. The highest BCUT2D eigenvalue weighted by Gasteiger charge is 2.24. The maximum atomic E-state index is 9.91. The highest BCUT2D eigenvalue weighted by atomic mass is 16.5. The Morgan fingerprint density at radius 2 is 2.00 bits per heavy atom. The zero-order chi connectivity index (χ0) is 17.0. The van der Waals surface area contributed by atoms with Gasteiger partial charge in [-0.1, -0.05) is 32.3 Å². The molecule has 0 unspecified atom stereocenters. The molecule has 2 atom stereocenters. The van der Waals surface area contributed by atoms with Crippen molar-refractivity contribution >= 4 is 0 Å². The summed E-state index contributed by atoms with van der Waals surface area (Å²) in [5.74, 6) is 0.146. The molecule has 0 saturated carbocycles. The van der Waals surface area contributed by atoms with Crippen LogP contribution in [0.25, 0.3) is 0 Å². The van der Waals surface area contributed by atoms with Crippen LogP contribution in [0.1, 0.15) is 56.2 Å². The Kier molecular flexibility index (Phi) is 4.28. The monoisotopic (exact) mass is 268 g/mol. The van der Waals surface area contributed by atoms with Crippen LogP contribution in [0.2, 0.25) is 0 Å². The average molecular weight is 268 g/mol. The Morgan fingerprint density at radius 1 is 1.37 bits per heavy atom. The normalized spacial score (nSPS) is 18.1. The number of nitrogens with two attached hydrogens (primary N) is 1. The lowest BCUT2D eigenvalue weighted by Crippen LogP contribution is -2.34. The van der Waals surface area contributed by atoms with Gasteiger partial charge in [-0.05, 0) is 43.9 Å². The van der Waals surface area contributed by atoms with Crippen LogP contribution in [-0.4, -0.2) is 17.3 Å². The fourth-order valence-corrected chi connectivity index (χ4v) is 1.81. The fraction of sp³-hybridized carbons (Fsp3) is 0.625. The number of hydrogen-bond acceptors (Lipinski definition) is 3. The van der Waals surface area contributed by atoms with E-state index in [1.165, 1.54) is 0 Å². The first-order chi connectivity index (χ1) is 10.1. The second-order valence-electron chi connectivity index (χ2n) is 5.50. The van der Waals surface area contributed by atoms with E-state index in [-0.39, 0.29) is 6.61 Å². The summed E-state index contributed by atoms with van der Waals surface area (Å²) in [6.07, 6.45) is 1.42. The summed E-state index contributed by atoms with van der Waals surface area (Å²) in [6, 6.07) is 6.61. The third-order valence-electron chi connectivity index (χ3n) is 3.09. The average Bonchev–Trinajstić information content (AvgIpc) is 2.41. The molecule has 0 fully saturated rings. The summed E-state index contributed by atoms with van der Waals surface area (Å²) in [4.78, 5) is 0. The van der Waals surface area contributed by atoms with Gasteiger partial charge in [0.05, 0.1) is 18.2 Å². The molecule has 108 valence electrons. The van der Waals surface area contributed by atoms with Gasteiger partial charge in [-0.2, -0.15) is 0 Å². The van der Waals surface area contributed by atoms with Gasteiger partial charge < -0.3 is 15.6 Å². The van der Waals surface area contributed by atoms with Gasteiger partial charge in [-0.25, -0.2) is 0 Å². The van der Waals surface area contributed by atoms with Gasteiger partial charge in [0.15, 0.2) is 0 Å². The highest BCUT2D eigenvalue weighted by molar-refractivity contribution is 5.30. The van der Waals surface area contributed by atoms with E-state index >= 15 is 0 Å². The van der Waals surface area contributed by atoms with Crippen molar-refractivity contribution in [1.29, 1.82) is 0 Å². The Labute approximate surface area is 121 Å². The van der Waals surface area contributed by atoms with Crippen LogP contribution >= 0.6 is 0 Å². The molecular formula is C16H27NO2. The first-order valence-electron chi connectivity index (χ1n) is 8.26. The molecule has 0 amide bonds. The van der Waals surface area contributed by atoms with E-state index in [9.17, 15) is 5.11 Å². The minimum Gasteiger partial charge on any atom is -0.493 e. The van der Waals surface area contributed by atoms with E-state index in [4.69, 9.17) is 14.6 Å². The van der Waals surface area contributed by atoms with Crippen LogP contribution in [0.5, 0.6) is 5.75 Å². The fourth-order valence-electron chi connectivity index (χ4n) is 1.81. The molecule has 3 nitrogen and oxygen atoms in total. The summed E-state index contributed by atoms with van der Waals surface area (Å²) in [6.45, 7) is 3.45. The van der Waals surface area contributed by atoms with E-state index in [1.54, 1.807) is 38.1 Å². The minimum absolute atomic E-state index is 0.168. The van der Waals surface area contributed by atoms with Crippen molar-refractivity contribution in [1.82, 2.24) is 0 Å². The predicted molar refractivity (Wildman–Crippen MR) is 79.2 cm³/mol. The molecule has 0 radical (unpaired) electrons. The second kappa shape index (κ2) is 6.92. The number of rotatable bonds is 7. The first-order valence-corrected chi connectivity index (χ1v) is 6.76. The predicted octanol–water partition coefficient (Wildman–Crippen LogP) is 3.27. The Hall–Kier alpha value is -1.06. The molecule has 1 aromatic rings. The van der Waals surface area contributed by atoms with Crippen molar-refractivity contribution in [3.8, 4) is 5.75 Å². The van der Waals surface area contributed by atoms with Crippen LogP contribution in [0, 0.1) is 5.92 Å². The van der Waals surface area contributed by atoms with E-state index in [1.807, 2.05) is 6.92 Å². The summed E-state index contributed by atoms with van der Waals surface area (Å²) in [5.41, 5.74) is 5.78. The van der Waals surface area contributed by atoms with Gasteiger partial charge in [0.1, 0.15) is 5.75 Å². The van der Waals surface area contributed by atoms with Gasteiger partial charge in [0.2, 0.25) is 0 Å².